The number of hydrogen-bond donors (Lipinski definition) is 2. The molecule has 0 radical (unpaired) electrons. The number of rotatable bonds is 3. The predicted molar refractivity (Wildman–Crippen MR) is 47.6 cm³/mol. The van der Waals surface area contributed by atoms with Crippen LogP contribution < -0.4 is 5.73 Å². The summed E-state index contributed by atoms with van der Waals surface area (Å²) in [5, 5.41) is 11.0. The van der Waals surface area contributed by atoms with Crippen molar-refractivity contribution in [1.29, 1.82) is 0 Å². The Morgan fingerprint density at radius 3 is 2.82 bits per heavy atom. The van der Waals surface area contributed by atoms with Gasteiger partial charge in [-0.2, -0.15) is 0 Å². The van der Waals surface area contributed by atoms with Crippen LogP contribution in [-0.2, 0) is 5.54 Å². The lowest BCUT2D eigenvalue weighted by molar-refractivity contribution is 0.195. The van der Waals surface area contributed by atoms with Gasteiger partial charge in [0.15, 0.2) is 0 Å². The third kappa shape index (κ3) is 1.61. The van der Waals surface area contributed by atoms with Gasteiger partial charge in [0.05, 0.1) is 12.1 Å². The maximum absolute atomic E-state index is 9.04. The summed E-state index contributed by atoms with van der Waals surface area (Å²) < 4.78 is 0. The van der Waals surface area contributed by atoms with Crippen molar-refractivity contribution in [2.75, 3.05) is 6.61 Å². The van der Waals surface area contributed by atoms with Crippen molar-refractivity contribution >= 4 is 11.3 Å². The van der Waals surface area contributed by atoms with Crippen LogP contribution in [0.1, 0.15) is 18.2 Å². The molecule has 62 valence electrons. The van der Waals surface area contributed by atoms with E-state index in [1.54, 1.807) is 11.3 Å². The highest BCUT2D eigenvalue weighted by Gasteiger charge is 2.24. The number of nitrogens with two attached hydrogens (primary N) is 1. The molecule has 0 aliphatic heterocycles. The molecule has 0 aliphatic carbocycles. The van der Waals surface area contributed by atoms with E-state index in [0.29, 0.717) is 0 Å². The zero-order valence-electron chi connectivity index (χ0n) is 6.58. The molecule has 0 amide bonds. The summed E-state index contributed by atoms with van der Waals surface area (Å²) in [6.07, 6.45) is 0.768. The van der Waals surface area contributed by atoms with Gasteiger partial charge in [-0.1, -0.05) is 13.0 Å². The lowest BCUT2D eigenvalue weighted by Crippen LogP contribution is -2.38. The zero-order chi connectivity index (χ0) is 8.32. The molecular formula is C8H13NOS. The summed E-state index contributed by atoms with van der Waals surface area (Å²) in [4.78, 5) is 1.06. The van der Waals surface area contributed by atoms with Gasteiger partial charge in [0.2, 0.25) is 0 Å². The van der Waals surface area contributed by atoms with E-state index in [-0.39, 0.29) is 6.61 Å². The Morgan fingerprint density at radius 1 is 1.73 bits per heavy atom. The van der Waals surface area contributed by atoms with Gasteiger partial charge >= 0.3 is 0 Å². The third-order valence-corrected chi connectivity index (χ3v) is 3.01. The van der Waals surface area contributed by atoms with Gasteiger partial charge in [-0.3, -0.25) is 0 Å². The molecule has 1 aromatic heterocycles. The van der Waals surface area contributed by atoms with Crippen LogP contribution in [0.3, 0.4) is 0 Å². The van der Waals surface area contributed by atoms with E-state index < -0.39 is 5.54 Å². The Morgan fingerprint density at radius 2 is 2.45 bits per heavy atom. The highest BCUT2D eigenvalue weighted by molar-refractivity contribution is 7.10. The van der Waals surface area contributed by atoms with Gasteiger partial charge in [-0.15, -0.1) is 11.3 Å². The Kier molecular flexibility index (Phi) is 2.65. The monoisotopic (exact) mass is 171 g/mol. The van der Waals surface area contributed by atoms with Gasteiger partial charge in [0.1, 0.15) is 0 Å². The van der Waals surface area contributed by atoms with Crippen LogP contribution in [0.4, 0.5) is 0 Å². The SMILES string of the molecule is CCC(N)(CO)c1cccs1. The summed E-state index contributed by atoms with van der Waals surface area (Å²) in [6.45, 7) is 2.00. The van der Waals surface area contributed by atoms with Crippen LogP contribution in [-0.4, -0.2) is 11.7 Å². The second-order valence-electron chi connectivity index (χ2n) is 2.65. The second-order valence-corrected chi connectivity index (χ2v) is 3.59. The van der Waals surface area contributed by atoms with Crippen molar-refractivity contribution in [2.24, 2.45) is 5.73 Å². The quantitative estimate of drug-likeness (QED) is 0.720. The normalized spacial score (nSPS) is 16.3. The molecule has 1 heterocycles. The molecule has 3 heteroatoms. The second kappa shape index (κ2) is 3.34. The van der Waals surface area contributed by atoms with Crippen LogP contribution in [0.15, 0.2) is 17.5 Å². The molecular weight excluding hydrogens is 158 g/mol. The number of thiophene rings is 1. The van der Waals surface area contributed by atoms with E-state index in [2.05, 4.69) is 0 Å². The van der Waals surface area contributed by atoms with Crippen molar-refractivity contribution in [3.8, 4) is 0 Å². The zero-order valence-corrected chi connectivity index (χ0v) is 7.40. The predicted octanol–water partition coefficient (Wildman–Crippen LogP) is 1.30. The Labute approximate surface area is 70.7 Å². The number of aliphatic hydroxyl groups is 1. The molecule has 1 unspecified atom stereocenters. The Hall–Kier alpha value is -0.380. The molecule has 2 nitrogen and oxygen atoms in total. The molecule has 0 bridgehead atoms. The fraction of sp³-hybridized carbons (Fsp3) is 0.500. The standard InChI is InChI=1S/C8H13NOS/c1-2-8(9,6-10)7-4-3-5-11-7/h3-5,10H,2,6,9H2,1H3. The van der Waals surface area contributed by atoms with Crippen LogP contribution in [0.2, 0.25) is 0 Å². The summed E-state index contributed by atoms with van der Waals surface area (Å²) in [7, 11) is 0. The minimum atomic E-state index is -0.520. The van der Waals surface area contributed by atoms with E-state index in [1.807, 2.05) is 24.4 Å². The van der Waals surface area contributed by atoms with E-state index in [4.69, 9.17) is 10.8 Å². The smallest absolute Gasteiger partial charge is 0.0735 e. The van der Waals surface area contributed by atoms with E-state index in [1.165, 1.54) is 0 Å². The third-order valence-electron chi connectivity index (χ3n) is 1.92. The average Bonchev–Trinajstić information content (AvgIpc) is 2.55. The maximum atomic E-state index is 9.04. The van der Waals surface area contributed by atoms with Crippen LogP contribution in [0.25, 0.3) is 0 Å². The fourth-order valence-electron chi connectivity index (χ4n) is 0.926. The average molecular weight is 171 g/mol. The molecule has 0 spiro atoms. The van der Waals surface area contributed by atoms with Gasteiger partial charge in [0.25, 0.3) is 0 Å². The molecule has 1 atom stereocenters. The summed E-state index contributed by atoms with van der Waals surface area (Å²) >= 11 is 1.59. The van der Waals surface area contributed by atoms with Crippen molar-refractivity contribution in [3.05, 3.63) is 22.4 Å². The number of aliphatic hydroxyl groups excluding tert-OH is 1. The molecule has 0 aromatic carbocycles. The minimum absolute atomic E-state index is 0.0179. The Bertz CT molecular complexity index is 204. The largest absolute Gasteiger partial charge is 0.394 e. The van der Waals surface area contributed by atoms with E-state index in [9.17, 15) is 0 Å². The lowest BCUT2D eigenvalue weighted by Gasteiger charge is -2.23. The molecule has 1 rings (SSSR count). The first-order chi connectivity index (χ1) is 5.23. The molecule has 3 N–H and O–H groups in total. The van der Waals surface area contributed by atoms with Crippen molar-refractivity contribution in [3.63, 3.8) is 0 Å². The maximum Gasteiger partial charge on any atom is 0.0735 e. The van der Waals surface area contributed by atoms with Gasteiger partial charge in [-0.05, 0) is 17.9 Å². The summed E-state index contributed by atoms with van der Waals surface area (Å²) in [6, 6.07) is 3.91. The minimum Gasteiger partial charge on any atom is -0.394 e. The molecule has 1 aromatic rings. The highest BCUT2D eigenvalue weighted by Crippen LogP contribution is 2.25. The summed E-state index contributed by atoms with van der Waals surface area (Å²) in [5.41, 5.74) is 5.40. The molecule has 0 saturated heterocycles. The number of hydrogen-bond acceptors (Lipinski definition) is 3. The van der Waals surface area contributed by atoms with Gasteiger partial charge < -0.3 is 10.8 Å². The molecule has 0 aliphatic rings. The topological polar surface area (TPSA) is 46.2 Å². The molecule has 0 fully saturated rings. The Balaban J connectivity index is 2.87. The van der Waals surface area contributed by atoms with Gasteiger partial charge in [0, 0.05) is 4.88 Å². The van der Waals surface area contributed by atoms with Crippen LogP contribution in [0, 0.1) is 0 Å². The first kappa shape index (κ1) is 8.71. The fourth-order valence-corrected chi connectivity index (χ4v) is 1.83. The molecule has 0 saturated carbocycles. The van der Waals surface area contributed by atoms with Crippen LogP contribution >= 0.6 is 11.3 Å². The first-order valence-corrected chi connectivity index (χ1v) is 4.54. The highest BCUT2D eigenvalue weighted by atomic mass is 32.1. The van der Waals surface area contributed by atoms with Gasteiger partial charge in [-0.25, -0.2) is 0 Å². The molecule has 11 heavy (non-hydrogen) atoms. The van der Waals surface area contributed by atoms with E-state index >= 15 is 0 Å². The summed E-state index contributed by atoms with van der Waals surface area (Å²) in [5.74, 6) is 0. The van der Waals surface area contributed by atoms with Crippen LogP contribution in [0.5, 0.6) is 0 Å². The van der Waals surface area contributed by atoms with Crippen molar-refractivity contribution in [1.82, 2.24) is 0 Å². The van der Waals surface area contributed by atoms with Crippen molar-refractivity contribution in [2.45, 2.75) is 18.9 Å². The lowest BCUT2D eigenvalue weighted by atomic mass is 9.97. The first-order valence-electron chi connectivity index (χ1n) is 3.66. The van der Waals surface area contributed by atoms with Crippen molar-refractivity contribution < 1.29 is 5.11 Å². The van der Waals surface area contributed by atoms with E-state index in [0.717, 1.165) is 11.3 Å².